The van der Waals surface area contributed by atoms with Crippen molar-refractivity contribution >= 4 is 40.3 Å². The molecule has 3 aromatic heterocycles. The number of hydrogen-bond donors (Lipinski definition) is 2. The van der Waals surface area contributed by atoms with E-state index in [2.05, 4.69) is 10.1 Å². The molecule has 1 saturated heterocycles. The highest BCUT2D eigenvalue weighted by Gasteiger charge is 2.37. The zero-order chi connectivity index (χ0) is 25.8. The lowest BCUT2D eigenvalue weighted by Gasteiger charge is -2.36. The quantitative estimate of drug-likeness (QED) is 0.356. The molecule has 1 aliphatic heterocycles. The Labute approximate surface area is 208 Å². The third kappa shape index (κ3) is 4.74. The van der Waals surface area contributed by atoms with Crippen LogP contribution in [0.4, 0.5) is 10.5 Å². The zero-order valence-corrected chi connectivity index (χ0v) is 20.6. The summed E-state index contributed by atoms with van der Waals surface area (Å²) >= 11 is 0. The van der Waals surface area contributed by atoms with Gasteiger partial charge in [0.15, 0.2) is 11.3 Å². The molecular formula is C25H30N6O5. The molecule has 4 heterocycles. The highest BCUT2D eigenvalue weighted by Crippen LogP contribution is 2.39. The fourth-order valence-electron chi connectivity index (χ4n) is 4.41. The van der Waals surface area contributed by atoms with E-state index in [1.165, 1.54) is 28.2 Å². The average Bonchev–Trinajstić information content (AvgIpc) is 3.49. The molecule has 11 heteroatoms. The van der Waals surface area contributed by atoms with E-state index < -0.39 is 11.9 Å². The smallest absolute Gasteiger partial charge is 0.414 e. The maximum absolute atomic E-state index is 13.6. The van der Waals surface area contributed by atoms with Crippen molar-refractivity contribution in [2.24, 2.45) is 12.8 Å². The molecule has 11 nitrogen and oxygen atoms in total. The normalized spacial score (nSPS) is 18.2. The summed E-state index contributed by atoms with van der Waals surface area (Å²) < 4.78 is 18.9. The van der Waals surface area contributed by atoms with Gasteiger partial charge in [-0.15, -0.1) is 0 Å². The number of pyridine rings is 1. The Morgan fingerprint density at radius 2 is 2.17 bits per heavy atom. The number of nitrogens with one attached hydrogen (secondary N) is 1. The average molecular weight is 495 g/mol. The number of rotatable bonds is 8. The maximum atomic E-state index is 13.6. The Morgan fingerprint density at radius 3 is 2.81 bits per heavy atom. The Bertz CT molecular complexity index is 1310. The van der Waals surface area contributed by atoms with Gasteiger partial charge in [0.1, 0.15) is 5.69 Å². The van der Waals surface area contributed by atoms with Crippen LogP contribution in [0.25, 0.3) is 16.5 Å². The lowest BCUT2D eigenvalue weighted by molar-refractivity contribution is 0.00468. The molecular weight excluding hydrogens is 464 g/mol. The van der Waals surface area contributed by atoms with Crippen molar-refractivity contribution in [3.05, 3.63) is 47.9 Å². The number of aromatic nitrogens is 3. The van der Waals surface area contributed by atoms with Gasteiger partial charge in [0.05, 0.1) is 36.4 Å². The molecule has 190 valence electrons. The van der Waals surface area contributed by atoms with Gasteiger partial charge in [-0.3, -0.25) is 19.4 Å². The number of allylic oxidation sites excluding steroid dienone is 1. The minimum atomic E-state index is -0.581. The van der Waals surface area contributed by atoms with Crippen LogP contribution in [0, 0.1) is 5.41 Å². The Balaban J connectivity index is 1.96. The van der Waals surface area contributed by atoms with E-state index in [1.807, 2.05) is 6.92 Å². The molecule has 3 aromatic rings. The van der Waals surface area contributed by atoms with Crippen molar-refractivity contribution in [3.8, 4) is 0 Å². The molecule has 0 aromatic carbocycles. The fraction of sp³-hybridized carbons (Fsp3) is 0.400. The molecule has 2 unspecified atom stereocenters. The van der Waals surface area contributed by atoms with Crippen molar-refractivity contribution < 1.29 is 23.5 Å². The molecule has 0 aliphatic carbocycles. The van der Waals surface area contributed by atoms with Crippen LogP contribution in [0.2, 0.25) is 0 Å². The molecule has 1 aliphatic rings. The monoisotopic (exact) mass is 494 g/mol. The first kappa shape index (κ1) is 25.1. The summed E-state index contributed by atoms with van der Waals surface area (Å²) in [7, 11) is 1.71. The van der Waals surface area contributed by atoms with Gasteiger partial charge in [-0.25, -0.2) is 4.79 Å². The number of hydrogen-bond acceptors (Lipinski definition) is 9. The minimum Gasteiger partial charge on any atom is -0.449 e. The first-order valence-corrected chi connectivity index (χ1v) is 11.9. The zero-order valence-electron chi connectivity index (χ0n) is 20.6. The number of ether oxygens (including phenoxy) is 2. The molecule has 3 N–H and O–H groups in total. The number of amides is 1. The van der Waals surface area contributed by atoms with E-state index in [4.69, 9.17) is 25.0 Å². The van der Waals surface area contributed by atoms with Gasteiger partial charge in [-0.1, -0.05) is 6.92 Å². The summed E-state index contributed by atoms with van der Waals surface area (Å²) in [6.45, 7) is 4.40. The molecule has 1 fully saturated rings. The third-order valence-corrected chi connectivity index (χ3v) is 6.22. The van der Waals surface area contributed by atoms with E-state index in [-0.39, 0.29) is 24.5 Å². The van der Waals surface area contributed by atoms with Crippen LogP contribution in [-0.2, 0) is 16.5 Å². The predicted octanol–water partition coefficient (Wildman–Crippen LogP) is 3.66. The standard InChI is InChI=1S/C25H30N6O5/c1-4-18-8-17(6-7-35-18)31(25(33)34-5-2)22-19-9-20(15(10-26)11-27)28-13-21(19)36-24(22)23(32)16-12-29-30(3)14-16/h9-14,17-18,26H,4-8,27H2,1-3H3/b15-11+,26-10?. The number of anilines is 1. The van der Waals surface area contributed by atoms with E-state index >= 15 is 0 Å². The second-order valence-corrected chi connectivity index (χ2v) is 8.49. The van der Waals surface area contributed by atoms with Gasteiger partial charge in [0, 0.05) is 49.3 Å². The number of nitrogens with two attached hydrogens (primary N) is 1. The third-order valence-electron chi connectivity index (χ3n) is 6.22. The summed E-state index contributed by atoms with van der Waals surface area (Å²) in [6.07, 6.45) is 8.18. The highest BCUT2D eigenvalue weighted by atomic mass is 16.6. The van der Waals surface area contributed by atoms with Gasteiger partial charge in [0.25, 0.3) is 0 Å². The lowest BCUT2D eigenvalue weighted by Crippen LogP contribution is -2.46. The van der Waals surface area contributed by atoms with Crippen molar-refractivity contribution in [1.29, 1.82) is 5.41 Å². The number of ketones is 1. The van der Waals surface area contributed by atoms with Crippen LogP contribution < -0.4 is 10.6 Å². The van der Waals surface area contributed by atoms with Crippen molar-refractivity contribution in [2.45, 2.75) is 45.3 Å². The number of aryl methyl sites for hydroxylation is 1. The summed E-state index contributed by atoms with van der Waals surface area (Å²) in [4.78, 5) is 32.9. The van der Waals surface area contributed by atoms with E-state index in [0.717, 1.165) is 12.6 Å². The van der Waals surface area contributed by atoms with Crippen molar-refractivity contribution in [1.82, 2.24) is 14.8 Å². The van der Waals surface area contributed by atoms with E-state index in [9.17, 15) is 9.59 Å². The van der Waals surface area contributed by atoms with Crippen LogP contribution >= 0.6 is 0 Å². The van der Waals surface area contributed by atoms with Gasteiger partial charge in [-0.05, 0) is 32.3 Å². The number of furan rings is 1. The van der Waals surface area contributed by atoms with Crippen LogP contribution in [0.15, 0.2) is 35.3 Å². The molecule has 4 rings (SSSR count). The first-order chi connectivity index (χ1) is 17.4. The highest BCUT2D eigenvalue weighted by molar-refractivity contribution is 6.18. The molecule has 2 atom stereocenters. The number of carbonyl (C=O) groups excluding carboxylic acids is 2. The van der Waals surface area contributed by atoms with E-state index in [1.54, 1.807) is 26.2 Å². The Morgan fingerprint density at radius 1 is 1.36 bits per heavy atom. The van der Waals surface area contributed by atoms with Gasteiger partial charge in [0.2, 0.25) is 5.78 Å². The van der Waals surface area contributed by atoms with Crippen LogP contribution in [0.3, 0.4) is 0 Å². The van der Waals surface area contributed by atoms with Gasteiger partial charge in [-0.2, -0.15) is 5.10 Å². The largest absolute Gasteiger partial charge is 0.449 e. The number of fused-ring (bicyclic) bond motifs is 1. The van der Waals surface area contributed by atoms with Gasteiger partial charge < -0.3 is 25.0 Å². The van der Waals surface area contributed by atoms with Gasteiger partial charge >= 0.3 is 6.09 Å². The molecule has 36 heavy (non-hydrogen) atoms. The Hall–Kier alpha value is -3.99. The SMILES string of the molecule is CCOC(=O)N(c1c(C(=O)c2cnn(C)c2)oc2cnc(/C(C=N)=C/N)cc12)C1CCOC(CC)C1. The van der Waals surface area contributed by atoms with Crippen molar-refractivity contribution in [2.75, 3.05) is 18.1 Å². The molecule has 0 saturated carbocycles. The summed E-state index contributed by atoms with van der Waals surface area (Å²) in [6, 6.07) is 1.38. The maximum Gasteiger partial charge on any atom is 0.414 e. The number of nitrogens with zero attached hydrogens (tertiary/aromatic N) is 4. The second-order valence-electron chi connectivity index (χ2n) is 8.49. The molecule has 0 bridgehead atoms. The molecule has 0 radical (unpaired) electrons. The fourth-order valence-corrected chi connectivity index (χ4v) is 4.41. The molecule has 1 amide bonds. The summed E-state index contributed by atoms with van der Waals surface area (Å²) in [5, 5.41) is 12.2. The van der Waals surface area contributed by atoms with E-state index in [0.29, 0.717) is 52.9 Å². The lowest BCUT2D eigenvalue weighted by atomic mass is 9.98. The predicted molar refractivity (Wildman–Crippen MR) is 134 cm³/mol. The van der Waals surface area contributed by atoms with Crippen LogP contribution in [0.5, 0.6) is 0 Å². The van der Waals surface area contributed by atoms with Crippen LogP contribution in [-0.4, -0.2) is 58.2 Å². The Kier molecular flexibility index (Phi) is 7.49. The second kappa shape index (κ2) is 10.7. The minimum absolute atomic E-state index is 0.0160. The van der Waals surface area contributed by atoms with Crippen molar-refractivity contribution in [3.63, 3.8) is 0 Å². The summed E-state index contributed by atoms with van der Waals surface area (Å²) in [5.41, 5.74) is 7.40. The summed E-state index contributed by atoms with van der Waals surface area (Å²) in [5.74, 6) is -0.441. The van der Waals surface area contributed by atoms with Crippen LogP contribution in [0.1, 0.15) is 54.9 Å². The first-order valence-electron chi connectivity index (χ1n) is 11.9. The topological polar surface area (TPSA) is 150 Å². The molecule has 0 spiro atoms. The number of carbonyl (C=O) groups is 2.